The highest BCUT2D eigenvalue weighted by molar-refractivity contribution is 8.02. The van der Waals surface area contributed by atoms with Gasteiger partial charge in [-0.05, 0) is 30.9 Å². The Morgan fingerprint density at radius 2 is 1.52 bits per heavy atom. The molecule has 2 aromatic rings. The Morgan fingerprint density at radius 1 is 0.841 bits per heavy atom. The van der Waals surface area contributed by atoms with Crippen LogP contribution in [0, 0.1) is 11.8 Å². The van der Waals surface area contributed by atoms with E-state index in [0.717, 1.165) is 36.8 Å². The van der Waals surface area contributed by atoms with E-state index in [1.54, 1.807) is 16.7 Å². The molecule has 2 aromatic carbocycles. The Bertz CT molecular complexity index is 1470. The lowest BCUT2D eigenvalue weighted by Gasteiger charge is -2.42. The SMILES string of the molecule is C[C@@]12C=CCN(Cc3ccccc3)C(=O)[C@@H]1[C@H]1C(=O)N([C@H](CO)c3ccccc3)C3C(=O)N(C4CCCCC4)CC=C[C@@]31S2. The lowest BCUT2D eigenvalue weighted by molar-refractivity contribution is -0.148. The van der Waals surface area contributed by atoms with Crippen LogP contribution in [0.25, 0.3) is 0 Å². The number of carbonyl (C=O) groups excluding carboxylic acids is 3. The van der Waals surface area contributed by atoms with Gasteiger partial charge in [-0.25, -0.2) is 0 Å². The van der Waals surface area contributed by atoms with Gasteiger partial charge in [-0.15, -0.1) is 11.8 Å². The maximum Gasteiger partial charge on any atom is 0.247 e. The molecule has 0 radical (unpaired) electrons. The first-order valence-electron chi connectivity index (χ1n) is 16.0. The van der Waals surface area contributed by atoms with Gasteiger partial charge in [0.1, 0.15) is 6.04 Å². The summed E-state index contributed by atoms with van der Waals surface area (Å²) in [5.74, 6) is -1.72. The van der Waals surface area contributed by atoms with Gasteiger partial charge in [0.25, 0.3) is 0 Å². The van der Waals surface area contributed by atoms with E-state index in [4.69, 9.17) is 0 Å². The molecule has 0 bridgehead atoms. The van der Waals surface area contributed by atoms with Crippen molar-refractivity contribution in [3.63, 3.8) is 0 Å². The number of hydrogen-bond acceptors (Lipinski definition) is 5. The Hall–Kier alpha value is -3.36. The summed E-state index contributed by atoms with van der Waals surface area (Å²) in [4.78, 5) is 50.0. The molecule has 1 unspecified atom stereocenters. The van der Waals surface area contributed by atoms with Crippen LogP contribution < -0.4 is 0 Å². The van der Waals surface area contributed by atoms with Crippen LogP contribution in [0.1, 0.15) is 56.2 Å². The zero-order chi connectivity index (χ0) is 30.5. The van der Waals surface area contributed by atoms with E-state index in [9.17, 15) is 19.5 Å². The summed E-state index contributed by atoms with van der Waals surface area (Å²) in [6, 6.07) is 18.1. The topological polar surface area (TPSA) is 81.2 Å². The van der Waals surface area contributed by atoms with Crippen molar-refractivity contribution in [2.24, 2.45) is 11.8 Å². The highest BCUT2D eigenvalue weighted by atomic mass is 32.2. The molecule has 2 saturated heterocycles. The second kappa shape index (κ2) is 11.5. The number of aliphatic hydroxyl groups excluding tert-OH is 1. The third-order valence-electron chi connectivity index (χ3n) is 10.5. The third-order valence-corrected chi connectivity index (χ3v) is 12.3. The van der Waals surface area contributed by atoms with Crippen molar-refractivity contribution in [3.05, 3.63) is 96.1 Å². The number of hydrogen-bond donors (Lipinski definition) is 1. The number of amides is 3. The summed E-state index contributed by atoms with van der Waals surface area (Å²) in [6.07, 6.45) is 13.6. The molecule has 3 amide bonds. The maximum absolute atomic E-state index is 15.0. The van der Waals surface area contributed by atoms with Crippen molar-refractivity contribution in [1.29, 1.82) is 0 Å². The fourth-order valence-corrected chi connectivity index (χ4v) is 10.7. The molecule has 1 spiro atoms. The smallest absolute Gasteiger partial charge is 0.247 e. The summed E-state index contributed by atoms with van der Waals surface area (Å²) in [5, 5.41) is 10.8. The molecule has 44 heavy (non-hydrogen) atoms. The lowest BCUT2D eigenvalue weighted by atomic mass is 9.74. The van der Waals surface area contributed by atoms with E-state index >= 15 is 0 Å². The van der Waals surface area contributed by atoms with Gasteiger partial charge in [0.15, 0.2) is 0 Å². The minimum atomic E-state index is -0.936. The average Bonchev–Trinajstić information content (AvgIpc) is 3.32. The molecule has 4 aliphatic heterocycles. The van der Waals surface area contributed by atoms with Gasteiger partial charge in [0.05, 0.1) is 29.2 Å². The molecule has 5 aliphatic rings. The molecule has 1 aliphatic carbocycles. The number of aliphatic hydroxyl groups is 1. The van der Waals surface area contributed by atoms with Crippen LogP contribution in [0.5, 0.6) is 0 Å². The minimum absolute atomic E-state index is 0.0563. The second-order valence-corrected chi connectivity index (χ2v) is 14.9. The fraction of sp³-hybridized carbons (Fsp3) is 0.472. The summed E-state index contributed by atoms with van der Waals surface area (Å²) in [7, 11) is 0. The largest absolute Gasteiger partial charge is 0.394 e. The van der Waals surface area contributed by atoms with Crippen LogP contribution in [-0.4, -0.2) is 78.8 Å². The van der Waals surface area contributed by atoms with Crippen molar-refractivity contribution in [2.75, 3.05) is 19.7 Å². The first-order chi connectivity index (χ1) is 21.4. The molecule has 7 rings (SSSR count). The minimum Gasteiger partial charge on any atom is -0.394 e. The number of carbonyl (C=O) groups is 3. The molecular weight excluding hydrogens is 570 g/mol. The standard InChI is InChI=1S/C36H41N3O4S/c1-35-19-11-21-37(23-25-13-5-2-6-14-25)32(41)29(35)30-33(42)39(28(24-40)26-15-7-3-8-16-26)31-34(43)38(27-17-9-4-10-18-27)22-12-20-36(30,31)44-35/h2-3,5-8,11-16,19-20,27-31,40H,4,9-10,17-18,21-24H2,1H3/t28-,29+,30+,31?,35-,36+/m1/s1. The molecule has 1 N–H and O–H groups in total. The monoisotopic (exact) mass is 611 g/mol. The summed E-state index contributed by atoms with van der Waals surface area (Å²) < 4.78 is -1.60. The van der Waals surface area contributed by atoms with Crippen LogP contribution in [-0.2, 0) is 20.9 Å². The van der Waals surface area contributed by atoms with E-state index in [0.29, 0.717) is 19.6 Å². The number of likely N-dealkylation sites (tertiary alicyclic amines) is 1. The molecule has 3 fully saturated rings. The first-order valence-corrected chi connectivity index (χ1v) is 16.9. The Morgan fingerprint density at radius 3 is 2.23 bits per heavy atom. The molecule has 1 saturated carbocycles. The van der Waals surface area contributed by atoms with Crippen molar-refractivity contribution < 1.29 is 19.5 Å². The van der Waals surface area contributed by atoms with E-state index in [-0.39, 0.29) is 30.4 Å². The van der Waals surface area contributed by atoms with E-state index in [2.05, 4.69) is 31.2 Å². The normalized spacial score (nSPS) is 32.7. The zero-order valence-electron chi connectivity index (χ0n) is 25.3. The average molecular weight is 612 g/mol. The maximum atomic E-state index is 15.0. The number of thioether (sulfide) groups is 1. The molecule has 8 heteroatoms. The molecule has 7 nitrogen and oxygen atoms in total. The van der Waals surface area contributed by atoms with Crippen LogP contribution in [0.4, 0.5) is 0 Å². The highest BCUT2D eigenvalue weighted by Gasteiger charge is 2.74. The molecular formula is C36H41N3O4S. The van der Waals surface area contributed by atoms with Gasteiger partial charge < -0.3 is 19.8 Å². The molecule has 6 atom stereocenters. The van der Waals surface area contributed by atoms with Gasteiger partial charge in [-0.1, -0.05) is 104 Å². The lowest BCUT2D eigenvalue weighted by Crippen LogP contribution is -2.56. The fourth-order valence-electron chi connectivity index (χ4n) is 8.56. The highest BCUT2D eigenvalue weighted by Crippen LogP contribution is 2.66. The summed E-state index contributed by atoms with van der Waals surface area (Å²) in [6.45, 7) is 3.17. The van der Waals surface area contributed by atoms with Crippen molar-refractivity contribution in [3.8, 4) is 0 Å². The number of benzene rings is 2. The Kier molecular flexibility index (Phi) is 7.69. The molecule has 230 valence electrons. The van der Waals surface area contributed by atoms with Gasteiger partial charge in [0, 0.05) is 30.4 Å². The third kappa shape index (κ3) is 4.64. The second-order valence-electron chi connectivity index (χ2n) is 13.1. The van der Waals surface area contributed by atoms with Gasteiger partial charge in [0.2, 0.25) is 17.7 Å². The zero-order valence-corrected chi connectivity index (χ0v) is 26.1. The predicted octanol–water partition coefficient (Wildman–Crippen LogP) is 4.74. The summed E-state index contributed by atoms with van der Waals surface area (Å²) >= 11 is 1.61. The van der Waals surface area contributed by atoms with Crippen molar-refractivity contribution in [2.45, 2.75) is 73.2 Å². The van der Waals surface area contributed by atoms with Gasteiger partial charge >= 0.3 is 0 Å². The quantitative estimate of drug-likeness (QED) is 0.478. The number of fused-ring (bicyclic) bond motifs is 2. The number of nitrogens with zero attached hydrogens (tertiary/aromatic N) is 3. The van der Waals surface area contributed by atoms with Crippen LogP contribution >= 0.6 is 11.8 Å². The molecule has 0 aromatic heterocycles. The molecule has 4 heterocycles. The van der Waals surface area contributed by atoms with Crippen molar-refractivity contribution >= 4 is 29.5 Å². The Balaban J connectivity index is 1.34. The van der Waals surface area contributed by atoms with Crippen LogP contribution in [0.15, 0.2) is 85.0 Å². The van der Waals surface area contributed by atoms with Crippen LogP contribution in [0.3, 0.4) is 0 Å². The van der Waals surface area contributed by atoms with Gasteiger partial charge in [-0.3, -0.25) is 14.4 Å². The van der Waals surface area contributed by atoms with Gasteiger partial charge in [-0.2, -0.15) is 0 Å². The van der Waals surface area contributed by atoms with E-state index in [1.807, 2.05) is 70.5 Å². The first kappa shape index (κ1) is 29.4. The van der Waals surface area contributed by atoms with E-state index in [1.165, 1.54) is 6.42 Å². The van der Waals surface area contributed by atoms with E-state index < -0.39 is 33.4 Å². The Labute approximate surface area is 264 Å². The number of rotatable bonds is 6. The van der Waals surface area contributed by atoms with Crippen molar-refractivity contribution in [1.82, 2.24) is 14.7 Å². The predicted molar refractivity (Wildman–Crippen MR) is 171 cm³/mol. The van der Waals surface area contributed by atoms with Crippen LogP contribution in [0.2, 0.25) is 0 Å². The summed E-state index contributed by atoms with van der Waals surface area (Å²) in [5.41, 5.74) is 1.82.